The maximum atomic E-state index is 9.19. The molecule has 2 nitrogen and oxygen atoms in total. The van der Waals surface area contributed by atoms with Gasteiger partial charge < -0.3 is 4.57 Å². The standard InChI is InChI=1S/C16H12N2/c1-18-15-9-5-3-6-12(15)10-16(18)14-8-4-2-7-13(14)11-17/h2-10H,1H3. The first-order valence-electron chi connectivity index (χ1n) is 5.85. The highest BCUT2D eigenvalue weighted by Crippen LogP contribution is 2.29. The molecule has 18 heavy (non-hydrogen) atoms. The second kappa shape index (κ2) is 4.05. The number of hydrogen-bond acceptors (Lipinski definition) is 1. The molecule has 0 fully saturated rings. The molecule has 3 aromatic rings. The highest BCUT2D eigenvalue weighted by atomic mass is 14.9. The number of aryl methyl sites for hydroxylation is 1. The molecular formula is C16H12N2. The van der Waals surface area contributed by atoms with E-state index in [9.17, 15) is 5.26 Å². The largest absolute Gasteiger partial charge is 0.344 e. The number of hydrogen-bond donors (Lipinski definition) is 0. The van der Waals surface area contributed by atoms with E-state index in [1.807, 2.05) is 43.4 Å². The van der Waals surface area contributed by atoms with Crippen LogP contribution in [0.15, 0.2) is 54.6 Å². The molecule has 0 N–H and O–H groups in total. The van der Waals surface area contributed by atoms with Crippen molar-refractivity contribution in [2.24, 2.45) is 7.05 Å². The van der Waals surface area contributed by atoms with Crippen LogP contribution >= 0.6 is 0 Å². The minimum absolute atomic E-state index is 0.711. The van der Waals surface area contributed by atoms with Gasteiger partial charge in [-0.1, -0.05) is 36.4 Å². The first-order chi connectivity index (χ1) is 8.81. The Hall–Kier alpha value is -2.53. The summed E-state index contributed by atoms with van der Waals surface area (Å²) in [6.45, 7) is 0. The Balaban J connectivity index is 2.33. The van der Waals surface area contributed by atoms with E-state index in [-0.39, 0.29) is 0 Å². The molecule has 0 unspecified atom stereocenters. The third kappa shape index (κ3) is 1.49. The number of nitrogens with zero attached hydrogens (tertiary/aromatic N) is 2. The maximum Gasteiger partial charge on any atom is 0.0998 e. The zero-order chi connectivity index (χ0) is 12.5. The highest BCUT2D eigenvalue weighted by molar-refractivity contribution is 5.87. The third-order valence-corrected chi connectivity index (χ3v) is 3.28. The molecule has 0 spiro atoms. The van der Waals surface area contributed by atoms with E-state index >= 15 is 0 Å². The molecule has 2 heteroatoms. The van der Waals surface area contributed by atoms with Crippen LogP contribution in [0.4, 0.5) is 0 Å². The van der Waals surface area contributed by atoms with Gasteiger partial charge in [-0.05, 0) is 18.2 Å². The molecule has 3 rings (SSSR count). The second-order valence-corrected chi connectivity index (χ2v) is 4.30. The SMILES string of the molecule is Cn1c(-c2ccccc2C#N)cc2ccccc21. The van der Waals surface area contributed by atoms with E-state index in [0.717, 1.165) is 11.3 Å². The van der Waals surface area contributed by atoms with E-state index in [1.54, 1.807) is 0 Å². The number of rotatable bonds is 1. The van der Waals surface area contributed by atoms with Crippen LogP contribution in [-0.4, -0.2) is 4.57 Å². The Morgan fingerprint density at radius 1 is 1.00 bits per heavy atom. The van der Waals surface area contributed by atoms with E-state index in [4.69, 9.17) is 0 Å². The van der Waals surface area contributed by atoms with Gasteiger partial charge in [-0.25, -0.2) is 0 Å². The van der Waals surface area contributed by atoms with Crippen LogP contribution in [0.3, 0.4) is 0 Å². The summed E-state index contributed by atoms with van der Waals surface area (Å²) >= 11 is 0. The van der Waals surface area contributed by atoms with Gasteiger partial charge in [0.15, 0.2) is 0 Å². The summed E-state index contributed by atoms with van der Waals surface area (Å²) in [4.78, 5) is 0. The molecule has 2 aromatic carbocycles. The van der Waals surface area contributed by atoms with Gasteiger partial charge in [0.2, 0.25) is 0 Å². The lowest BCUT2D eigenvalue weighted by Crippen LogP contribution is -1.93. The van der Waals surface area contributed by atoms with Crippen molar-refractivity contribution in [3.63, 3.8) is 0 Å². The van der Waals surface area contributed by atoms with E-state index in [0.29, 0.717) is 5.56 Å². The zero-order valence-electron chi connectivity index (χ0n) is 10.1. The van der Waals surface area contributed by atoms with Crippen LogP contribution in [0.5, 0.6) is 0 Å². The molecule has 0 saturated heterocycles. The van der Waals surface area contributed by atoms with Crippen LogP contribution < -0.4 is 0 Å². The smallest absolute Gasteiger partial charge is 0.0998 e. The third-order valence-electron chi connectivity index (χ3n) is 3.28. The predicted molar refractivity (Wildman–Crippen MR) is 73.1 cm³/mol. The number of benzene rings is 2. The highest BCUT2D eigenvalue weighted by Gasteiger charge is 2.10. The van der Waals surface area contributed by atoms with Crippen molar-refractivity contribution in [2.75, 3.05) is 0 Å². The van der Waals surface area contributed by atoms with E-state index < -0.39 is 0 Å². The van der Waals surface area contributed by atoms with Crippen molar-refractivity contribution < 1.29 is 0 Å². The number of fused-ring (bicyclic) bond motifs is 1. The van der Waals surface area contributed by atoms with Gasteiger partial charge >= 0.3 is 0 Å². The maximum absolute atomic E-state index is 9.19. The van der Waals surface area contributed by atoms with Gasteiger partial charge in [0.25, 0.3) is 0 Å². The van der Waals surface area contributed by atoms with Crippen molar-refractivity contribution in [1.29, 1.82) is 5.26 Å². The van der Waals surface area contributed by atoms with Crippen LogP contribution in [0.25, 0.3) is 22.2 Å². The quantitative estimate of drug-likeness (QED) is 0.628. The second-order valence-electron chi connectivity index (χ2n) is 4.30. The van der Waals surface area contributed by atoms with Crippen LogP contribution in [0, 0.1) is 11.3 Å². The number of para-hydroxylation sites is 1. The molecule has 0 radical (unpaired) electrons. The first kappa shape index (κ1) is 10.6. The minimum atomic E-state index is 0.711. The van der Waals surface area contributed by atoms with Crippen LogP contribution in [-0.2, 0) is 7.05 Å². The molecule has 1 aromatic heterocycles. The van der Waals surface area contributed by atoms with Gasteiger partial charge in [0.05, 0.1) is 17.3 Å². The summed E-state index contributed by atoms with van der Waals surface area (Å²) in [5, 5.41) is 10.4. The molecule has 86 valence electrons. The Bertz CT molecular complexity index is 760. The van der Waals surface area contributed by atoms with Gasteiger partial charge in [-0.2, -0.15) is 5.26 Å². The van der Waals surface area contributed by atoms with Crippen molar-refractivity contribution in [2.45, 2.75) is 0 Å². The summed E-state index contributed by atoms with van der Waals surface area (Å²) in [5.74, 6) is 0. The lowest BCUT2D eigenvalue weighted by Gasteiger charge is -2.05. The molecule has 0 aliphatic rings. The number of nitriles is 1. The lowest BCUT2D eigenvalue weighted by molar-refractivity contribution is 0.978. The summed E-state index contributed by atoms with van der Waals surface area (Å²) in [6, 6.07) is 20.3. The molecule has 0 amide bonds. The summed E-state index contributed by atoms with van der Waals surface area (Å²) in [6.07, 6.45) is 0. The monoisotopic (exact) mass is 232 g/mol. The average Bonchev–Trinajstić information content (AvgIpc) is 2.76. The average molecular weight is 232 g/mol. The summed E-state index contributed by atoms with van der Waals surface area (Å²) < 4.78 is 2.13. The summed E-state index contributed by atoms with van der Waals surface area (Å²) in [5.41, 5.74) is 3.95. The fraction of sp³-hybridized carbons (Fsp3) is 0.0625. The fourth-order valence-corrected chi connectivity index (χ4v) is 2.35. The van der Waals surface area contributed by atoms with E-state index in [1.165, 1.54) is 10.9 Å². The van der Waals surface area contributed by atoms with Gasteiger partial charge in [-0.3, -0.25) is 0 Å². The number of aromatic nitrogens is 1. The predicted octanol–water partition coefficient (Wildman–Crippen LogP) is 3.72. The lowest BCUT2D eigenvalue weighted by atomic mass is 10.1. The van der Waals surface area contributed by atoms with Gasteiger partial charge in [0.1, 0.15) is 0 Å². The van der Waals surface area contributed by atoms with E-state index in [2.05, 4.69) is 28.8 Å². The molecule has 1 heterocycles. The topological polar surface area (TPSA) is 28.7 Å². The summed E-state index contributed by atoms with van der Waals surface area (Å²) in [7, 11) is 2.03. The normalized spacial score (nSPS) is 10.4. The van der Waals surface area contributed by atoms with Gasteiger partial charge in [0, 0.05) is 23.5 Å². The van der Waals surface area contributed by atoms with Crippen molar-refractivity contribution in [3.8, 4) is 17.3 Å². The molecule has 0 aliphatic heterocycles. The van der Waals surface area contributed by atoms with Crippen LogP contribution in [0.2, 0.25) is 0 Å². The van der Waals surface area contributed by atoms with Crippen LogP contribution in [0.1, 0.15) is 5.56 Å². The van der Waals surface area contributed by atoms with Crippen molar-refractivity contribution >= 4 is 10.9 Å². The minimum Gasteiger partial charge on any atom is -0.344 e. The molecular weight excluding hydrogens is 220 g/mol. The Morgan fingerprint density at radius 2 is 1.72 bits per heavy atom. The molecule has 0 bridgehead atoms. The van der Waals surface area contributed by atoms with Crippen molar-refractivity contribution in [3.05, 3.63) is 60.2 Å². The Labute approximate surface area is 106 Å². The Kier molecular flexibility index (Phi) is 2.39. The Morgan fingerprint density at radius 3 is 2.50 bits per heavy atom. The van der Waals surface area contributed by atoms with Gasteiger partial charge in [-0.15, -0.1) is 0 Å². The molecule has 0 saturated carbocycles. The fourth-order valence-electron chi connectivity index (χ4n) is 2.35. The van der Waals surface area contributed by atoms with Crippen molar-refractivity contribution in [1.82, 2.24) is 4.57 Å². The molecule has 0 aliphatic carbocycles. The first-order valence-corrected chi connectivity index (χ1v) is 5.85. The molecule has 0 atom stereocenters. The zero-order valence-corrected chi connectivity index (χ0v) is 10.1.